The van der Waals surface area contributed by atoms with Crippen molar-refractivity contribution in [2.45, 2.75) is 407 Å². The molecule has 9 rings (SSSR count). The largest absolute Gasteiger partial charge is 0.0649 e. The van der Waals surface area contributed by atoms with E-state index in [4.69, 9.17) is 0 Å². The maximum atomic E-state index is 2.39. The molecular formula is C79H162. The summed E-state index contributed by atoms with van der Waals surface area (Å²) in [6.45, 7) is 67.9. The van der Waals surface area contributed by atoms with Gasteiger partial charge in [0.2, 0.25) is 0 Å². The maximum Gasteiger partial charge on any atom is -0.0378 e. The first-order valence-electron chi connectivity index (χ1n) is 35.9. The Morgan fingerprint density at radius 3 is 0.646 bits per heavy atom. The van der Waals surface area contributed by atoms with Crippen LogP contribution < -0.4 is 0 Å². The van der Waals surface area contributed by atoms with E-state index in [0.29, 0.717) is 43.3 Å². The fraction of sp³-hybridized carbons (Fsp3) is 1.00. The minimum atomic E-state index is 0.542. The summed E-state index contributed by atoms with van der Waals surface area (Å²) in [6, 6.07) is 0. The molecule has 0 heteroatoms. The number of fused-ring (bicyclic) bond motifs is 3. The van der Waals surface area contributed by atoms with Gasteiger partial charge < -0.3 is 0 Å². The lowest BCUT2D eigenvalue weighted by molar-refractivity contribution is 0.0198. The van der Waals surface area contributed by atoms with E-state index in [0.717, 1.165) is 35.5 Å². The Labute approximate surface area is 506 Å². The highest BCUT2D eigenvalue weighted by Gasteiger charge is 2.42. The molecule has 0 aromatic heterocycles. The number of hydrogen-bond donors (Lipinski definition) is 0. The molecule has 3 atom stereocenters. The predicted octanol–water partition coefficient (Wildman–Crippen LogP) is 28.7. The lowest BCUT2D eigenvalue weighted by Crippen LogP contribution is -2.38. The molecule has 0 aromatic carbocycles. The van der Waals surface area contributed by atoms with Crippen molar-refractivity contribution in [1.29, 1.82) is 0 Å². The Hall–Kier alpha value is 0. The molecule has 9 saturated carbocycles. The van der Waals surface area contributed by atoms with Crippen LogP contribution in [0.2, 0.25) is 0 Å². The smallest absolute Gasteiger partial charge is 0.0378 e. The molecule has 0 nitrogen and oxygen atoms in total. The summed E-state index contributed by atoms with van der Waals surface area (Å²) in [4.78, 5) is 0. The zero-order valence-electron chi connectivity index (χ0n) is 61.7. The summed E-state index contributed by atoms with van der Waals surface area (Å²) < 4.78 is 0. The quantitative estimate of drug-likeness (QED) is 0.259. The second kappa shape index (κ2) is 38.9. The third-order valence-electron chi connectivity index (χ3n) is 20.2. The maximum absolute atomic E-state index is 2.39. The average molecular weight is 1110 g/mol. The van der Waals surface area contributed by atoms with Gasteiger partial charge in [-0.25, -0.2) is 0 Å². The Kier molecular flexibility index (Phi) is 39.9. The second-order valence-corrected chi connectivity index (χ2v) is 37.9. The normalized spacial score (nSPS) is 27.2. The highest BCUT2D eigenvalue weighted by molar-refractivity contribution is 4.93. The third-order valence-corrected chi connectivity index (χ3v) is 20.2. The van der Waals surface area contributed by atoms with Crippen LogP contribution in [0.25, 0.3) is 0 Å². The van der Waals surface area contributed by atoms with E-state index in [1.807, 2.05) is 0 Å². The van der Waals surface area contributed by atoms with Crippen molar-refractivity contribution in [2.75, 3.05) is 0 Å². The predicted molar refractivity (Wildman–Crippen MR) is 368 cm³/mol. The molecule has 0 amide bonds. The fourth-order valence-corrected chi connectivity index (χ4v) is 12.5. The van der Waals surface area contributed by atoms with Crippen LogP contribution >= 0.6 is 0 Å². The van der Waals surface area contributed by atoms with Crippen molar-refractivity contribution < 1.29 is 0 Å². The summed E-state index contributed by atoms with van der Waals surface area (Å²) in [6.07, 6.45) is 46.2. The van der Waals surface area contributed by atoms with Gasteiger partial charge in [0.15, 0.2) is 0 Å². The SMILES string of the molecule is C1C2CC3CC1CC(C2)C3.C1CCC2CCCCC2C1.CC(C)(C)CC1CC2CCC1C2.CC(C)(C)CC1CCCCC1.CCC(C)(C)C.CCC(C)(C)C.CCC(C)(C)C.CCC(C)(C)C.CCC(C)(C)C.CCC(C)(C)C. The van der Waals surface area contributed by atoms with Gasteiger partial charge in [0.05, 0.1) is 0 Å². The number of rotatable bonds is 2. The van der Waals surface area contributed by atoms with Crippen LogP contribution in [0.5, 0.6) is 0 Å². The van der Waals surface area contributed by atoms with Gasteiger partial charge in [-0.1, -0.05) is 336 Å². The van der Waals surface area contributed by atoms with Gasteiger partial charge in [0.1, 0.15) is 0 Å². The van der Waals surface area contributed by atoms with E-state index in [2.05, 4.69) is 208 Å². The van der Waals surface area contributed by atoms with Crippen LogP contribution in [0, 0.1) is 102 Å². The van der Waals surface area contributed by atoms with Crippen molar-refractivity contribution in [2.24, 2.45) is 102 Å². The first-order chi connectivity index (χ1) is 35.9. The van der Waals surface area contributed by atoms with E-state index in [1.165, 1.54) is 133 Å². The first-order valence-corrected chi connectivity index (χ1v) is 35.9. The van der Waals surface area contributed by atoms with Gasteiger partial charge in [-0.3, -0.25) is 0 Å². The molecular weight excluding hydrogens is 949 g/mol. The fourth-order valence-electron chi connectivity index (χ4n) is 12.5. The standard InChI is InChI=1S/C12H22.C11H22.C10H16.C10H18.6C6H14/c1-12(2,3)8-11-7-9-4-5-10(11)6-9;1-11(2,3)9-10-7-5-4-6-8-10;1-7-2-9-4-8(1)5-10(3-7)6-9;1-2-6-10-8-4-3-7-9(10)5-1;6*1-5-6(2,3)4/h9-11H,4-8H2,1-3H3;10H,4-9H2,1-3H3;7-10H,1-6H2;9-10H,1-8H2;6*5H2,1-4H3. The third kappa shape index (κ3) is 49.9. The van der Waals surface area contributed by atoms with Gasteiger partial charge in [-0.05, 0) is 173 Å². The molecule has 0 heterocycles. The number of hydrogen-bond acceptors (Lipinski definition) is 0. The lowest BCUT2D eigenvalue weighted by atomic mass is 9.56. The molecule has 79 heavy (non-hydrogen) atoms. The summed E-state index contributed by atoms with van der Waals surface area (Å²) in [5.74, 6) is 11.4. The topological polar surface area (TPSA) is 0 Å². The van der Waals surface area contributed by atoms with Gasteiger partial charge >= 0.3 is 0 Å². The van der Waals surface area contributed by atoms with Crippen LogP contribution in [-0.2, 0) is 0 Å². The highest BCUT2D eigenvalue weighted by atomic mass is 14.5. The van der Waals surface area contributed by atoms with Crippen LogP contribution in [0.4, 0.5) is 0 Å². The van der Waals surface area contributed by atoms with Crippen molar-refractivity contribution in [3.63, 3.8) is 0 Å². The molecule has 6 bridgehead atoms. The molecule has 9 fully saturated rings. The summed E-state index contributed by atoms with van der Waals surface area (Å²) in [7, 11) is 0. The molecule has 0 spiro atoms. The second-order valence-electron chi connectivity index (χ2n) is 37.9. The first kappa shape index (κ1) is 81.1. The Morgan fingerprint density at radius 1 is 0.215 bits per heavy atom. The molecule has 0 saturated heterocycles. The zero-order chi connectivity index (χ0) is 61.7. The Morgan fingerprint density at radius 2 is 0.456 bits per heavy atom. The van der Waals surface area contributed by atoms with E-state index in [1.54, 1.807) is 89.9 Å². The van der Waals surface area contributed by atoms with Gasteiger partial charge in [0, 0.05) is 0 Å². The van der Waals surface area contributed by atoms with Crippen molar-refractivity contribution in [3.8, 4) is 0 Å². The molecule has 0 radical (unpaired) electrons. The lowest BCUT2D eigenvalue weighted by Gasteiger charge is -2.49. The van der Waals surface area contributed by atoms with Crippen molar-refractivity contribution >= 4 is 0 Å². The molecule has 0 aliphatic heterocycles. The van der Waals surface area contributed by atoms with Crippen LogP contribution in [0.3, 0.4) is 0 Å². The summed E-state index contributed by atoms with van der Waals surface area (Å²) in [5, 5.41) is 0. The molecule has 9 aliphatic carbocycles. The van der Waals surface area contributed by atoms with Crippen LogP contribution in [-0.4, -0.2) is 0 Å². The van der Waals surface area contributed by atoms with Crippen molar-refractivity contribution in [3.05, 3.63) is 0 Å². The van der Waals surface area contributed by atoms with E-state index >= 15 is 0 Å². The molecule has 9 aliphatic rings. The minimum Gasteiger partial charge on any atom is -0.0649 e. The molecule has 0 aromatic rings. The molecule has 0 N–H and O–H groups in total. The van der Waals surface area contributed by atoms with Crippen LogP contribution in [0.15, 0.2) is 0 Å². The monoisotopic (exact) mass is 1110 g/mol. The Bertz CT molecular complexity index is 1200. The molecule has 3 unspecified atom stereocenters. The highest BCUT2D eigenvalue weighted by Crippen LogP contribution is 2.54. The van der Waals surface area contributed by atoms with E-state index in [-0.39, 0.29) is 0 Å². The van der Waals surface area contributed by atoms with Gasteiger partial charge in [0.25, 0.3) is 0 Å². The minimum absolute atomic E-state index is 0.542. The summed E-state index contributed by atoms with van der Waals surface area (Å²) >= 11 is 0. The van der Waals surface area contributed by atoms with Gasteiger partial charge in [-0.2, -0.15) is 0 Å². The van der Waals surface area contributed by atoms with Gasteiger partial charge in [-0.15, -0.1) is 0 Å². The van der Waals surface area contributed by atoms with Crippen LogP contribution in [0.1, 0.15) is 407 Å². The van der Waals surface area contributed by atoms with E-state index in [9.17, 15) is 0 Å². The average Bonchev–Trinajstić information content (AvgIpc) is 3.95. The van der Waals surface area contributed by atoms with Crippen molar-refractivity contribution in [1.82, 2.24) is 0 Å². The summed E-state index contributed by atoms with van der Waals surface area (Å²) in [5.41, 5.74) is 4.37. The molecule has 478 valence electrons. The zero-order valence-corrected chi connectivity index (χ0v) is 61.7. The Balaban J connectivity index is 0. The van der Waals surface area contributed by atoms with E-state index < -0.39 is 0 Å².